The Kier molecular flexibility index (Phi) is 3.56. The fraction of sp³-hybridized carbons (Fsp3) is 0.583. The molecule has 0 amide bonds. The monoisotopic (exact) mass is 208 g/mol. The predicted molar refractivity (Wildman–Crippen MR) is 63.3 cm³/mol. The topological polar surface area (TPSA) is 34.1 Å². The van der Waals surface area contributed by atoms with Crippen molar-refractivity contribution in [3.05, 3.63) is 18.3 Å². The van der Waals surface area contributed by atoms with Crippen molar-refractivity contribution in [3.63, 3.8) is 0 Å². The number of ether oxygens (including phenoxy) is 1. The van der Waals surface area contributed by atoms with Crippen LogP contribution in [0.5, 0.6) is 5.75 Å². The number of hydrogen-bond donors (Lipinski definition) is 1. The van der Waals surface area contributed by atoms with Gasteiger partial charge in [0.15, 0.2) is 0 Å². The summed E-state index contributed by atoms with van der Waals surface area (Å²) in [5.74, 6) is 1.67. The predicted octanol–water partition coefficient (Wildman–Crippen LogP) is 2.94. The second-order valence-electron chi connectivity index (χ2n) is 4.82. The van der Waals surface area contributed by atoms with Gasteiger partial charge < -0.3 is 10.1 Å². The number of hydrogen-bond acceptors (Lipinski definition) is 3. The molecule has 0 spiro atoms. The van der Waals surface area contributed by atoms with Crippen molar-refractivity contribution in [3.8, 4) is 5.75 Å². The van der Waals surface area contributed by atoms with Crippen LogP contribution in [0.3, 0.4) is 0 Å². The van der Waals surface area contributed by atoms with Gasteiger partial charge in [-0.1, -0.05) is 20.8 Å². The second-order valence-corrected chi connectivity index (χ2v) is 4.82. The molecule has 1 aromatic heterocycles. The molecule has 1 heterocycles. The molecule has 0 bridgehead atoms. The van der Waals surface area contributed by atoms with Crippen LogP contribution in [0.25, 0.3) is 0 Å². The normalized spacial score (nSPS) is 13.4. The number of pyridine rings is 1. The Bertz CT molecular complexity index is 300. The third-order valence-electron chi connectivity index (χ3n) is 2.64. The zero-order valence-corrected chi connectivity index (χ0v) is 10.2. The van der Waals surface area contributed by atoms with E-state index in [1.807, 2.05) is 12.1 Å². The molecule has 0 fully saturated rings. The van der Waals surface area contributed by atoms with Gasteiger partial charge in [-0.15, -0.1) is 0 Å². The molecule has 1 unspecified atom stereocenters. The van der Waals surface area contributed by atoms with E-state index in [0.29, 0.717) is 6.04 Å². The minimum absolute atomic E-state index is 0.224. The van der Waals surface area contributed by atoms with E-state index in [4.69, 9.17) is 4.74 Å². The van der Waals surface area contributed by atoms with E-state index in [0.717, 1.165) is 11.6 Å². The SMILES string of the molecule is COc1ccc(NC(C)C(C)(C)C)nc1. The molecule has 1 rings (SSSR count). The Morgan fingerprint density at radius 2 is 2.00 bits per heavy atom. The van der Waals surface area contributed by atoms with Gasteiger partial charge in [0.25, 0.3) is 0 Å². The third-order valence-corrected chi connectivity index (χ3v) is 2.64. The van der Waals surface area contributed by atoms with Gasteiger partial charge in [-0.2, -0.15) is 0 Å². The van der Waals surface area contributed by atoms with Gasteiger partial charge in [0.05, 0.1) is 13.3 Å². The number of nitrogens with zero attached hydrogens (tertiary/aromatic N) is 1. The van der Waals surface area contributed by atoms with E-state index in [2.05, 4.69) is 38.0 Å². The number of rotatable bonds is 3. The fourth-order valence-corrected chi connectivity index (χ4v) is 1.02. The summed E-state index contributed by atoms with van der Waals surface area (Å²) in [4.78, 5) is 4.27. The highest BCUT2D eigenvalue weighted by atomic mass is 16.5. The second kappa shape index (κ2) is 4.51. The molecule has 0 aliphatic heterocycles. The number of nitrogens with one attached hydrogen (secondary N) is 1. The highest BCUT2D eigenvalue weighted by Gasteiger charge is 2.19. The standard InChI is InChI=1S/C12H20N2O/c1-9(12(2,3)4)14-11-7-6-10(15-5)8-13-11/h6-9H,1-5H3,(H,13,14). The van der Waals surface area contributed by atoms with Crippen LogP contribution < -0.4 is 10.1 Å². The minimum atomic E-state index is 0.224. The zero-order valence-electron chi connectivity index (χ0n) is 10.2. The van der Waals surface area contributed by atoms with Crippen LogP contribution in [0, 0.1) is 5.41 Å². The van der Waals surface area contributed by atoms with Gasteiger partial charge in [-0.25, -0.2) is 4.98 Å². The molecule has 3 nitrogen and oxygen atoms in total. The van der Waals surface area contributed by atoms with E-state index in [9.17, 15) is 0 Å². The maximum Gasteiger partial charge on any atom is 0.137 e. The summed E-state index contributed by atoms with van der Waals surface area (Å²) in [6.07, 6.45) is 1.72. The van der Waals surface area contributed by atoms with Crippen LogP contribution >= 0.6 is 0 Å². The molecule has 3 heteroatoms. The molecular formula is C12H20N2O. The van der Waals surface area contributed by atoms with Crippen LogP contribution in [-0.2, 0) is 0 Å². The molecular weight excluding hydrogens is 188 g/mol. The Balaban J connectivity index is 2.65. The van der Waals surface area contributed by atoms with E-state index in [1.54, 1.807) is 13.3 Å². The van der Waals surface area contributed by atoms with Crippen LogP contribution in [0.1, 0.15) is 27.7 Å². The first-order chi connectivity index (χ1) is 6.93. The molecule has 0 saturated heterocycles. The van der Waals surface area contributed by atoms with Gasteiger partial charge in [-0.3, -0.25) is 0 Å². The Labute approximate surface area is 91.9 Å². The quantitative estimate of drug-likeness (QED) is 0.829. The van der Waals surface area contributed by atoms with Crippen LogP contribution in [0.4, 0.5) is 5.82 Å². The number of anilines is 1. The zero-order chi connectivity index (χ0) is 11.5. The van der Waals surface area contributed by atoms with E-state index in [1.165, 1.54) is 0 Å². The average molecular weight is 208 g/mol. The molecule has 0 aromatic carbocycles. The molecule has 0 saturated carbocycles. The molecule has 1 aromatic rings. The smallest absolute Gasteiger partial charge is 0.137 e. The Morgan fingerprint density at radius 3 is 2.40 bits per heavy atom. The van der Waals surface area contributed by atoms with Gasteiger partial charge in [0.1, 0.15) is 11.6 Å². The van der Waals surface area contributed by atoms with E-state index in [-0.39, 0.29) is 5.41 Å². The van der Waals surface area contributed by atoms with Crippen LogP contribution in [-0.4, -0.2) is 18.1 Å². The highest BCUT2D eigenvalue weighted by molar-refractivity contribution is 5.38. The number of methoxy groups -OCH3 is 1. The third kappa shape index (κ3) is 3.42. The largest absolute Gasteiger partial charge is 0.495 e. The molecule has 0 aliphatic carbocycles. The van der Waals surface area contributed by atoms with Crippen molar-refractivity contribution in [1.82, 2.24) is 4.98 Å². The van der Waals surface area contributed by atoms with Gasteiger partial charge in [-0.05, 0) is 24.5 Å². The summed E-state index contributed by atoms with van der Waals surface area (Å²) < 4.78 is 5.05. The summed E-state index contributed by atoms with van der Waals surface area (Å²) in [6, 6.07) is 4.21. The fourth-order valence-electron chi connectivity index (χ4n) is 1.02. The first kappa shape index (κ1) is 11.8. The summed E-state index contributed by atoms with van der Waals surface area (Å²) in [7, 11) is 1.64. The Hall–Kier alpha value is -1.25. The first-order valence-electron chi connectivity index (χ1n) is 5.20. The summed E-state index contributed by atoms with van der Waals surface area (Å²) in [6.45, 7) is 8.77. The highest BCUT2D eigenvalue weighted by Crippen LogP contribution is 2.22. The molecule has 1 N–H and O–H groups in total. The van der Waals surface area contributed by atoms with Crippen molar-refractivity contribution < 1.29 is 4.74 Å². The molecule has 84 valence electrons. The summed E-state index contributed by atoms with van der Waals surface area (Å²) in [5, 5.41) is 3.37. The van der Waals surface area contributed by atoms with Gasteiger partial charge in [0.2, 0.25) is 0 Å². The van der Waals surface area contributed by atoms with E-state index >= 15 is 0 Å². The lowest BCUT2D eigenvalue weighted by atomic mass is 9.88. The van der Waals surface area contributed by atoms with Crippen molar-refractivity contribution in [1.29, 1.82) is 0 Å². The maximum atomic E-state index is 5.05. The molecule has 0 radical (unpaired) electrons. The lowest BCUT2D eigenvalue weighted by Crippen LogP contribution is -2.31. The summed E-state index contributed by atoms with van der Waals surface area (Å²) >= 11 is 0. The molecule has 0 aliphatic rings. The van der Waals surface area contributed by atoms with Crippen molar-refractivity contribution in [2.24, 2.45) is 5.41 Å². The van der Waals surface area contributed by atoms with E-state index < -0.39 is 0 Å². The van der Waals surface area contributed by atoms with Crippen LogP contribution in [0.15, 0.2) is 18.3 Å². The van der Waals surface area contributed by atoms with Crippen molar-refractivity contribution in [2.45, 2.75) is 33.7 Å². The van der Waals surface area contributed by atoms with Crippen molar-refractivity contribution in [2.75, 3.05) is 12.4 Å². The Morgan fingerprint density at radius 1 is 1.33 bits per heavy atom. The maximum absolute atomic E-state index is 5.05. The van der Waals surface area contributed by atoms with Crippen molar-refractivity contribution >= 4 is 5.82 Å². The molecule has 15 heavy (non-hydrogen) atoms. The lowest BCUT2D eigenvalue weighted by Gasteiger charge is -2.28. The van der Waals surface area contributed by atoms with Crippen LogP contribution in [0.2, 0.25) is 0 Å². The molecule has 1 atom stereocenters. The van der Waals surface area contributed by atoms with Gasteiger partial charge >= 0.3 is 0 Å². The van der Waals surface area contributed by atoms with Gasteiger partial charge in [0, 0.05) is 6.04 Å². The average Bonchev–Trinajstić information content (AvgIpc) is 2.17. The first-order valence-corrected chi connectivity index (χ1v) is 5.20. The number of aromatic nitrogens is 1. The minimum Gasteiger partial charge on any atom is -0.495 e. The lowest BCUT2D eigenvalue weighted by molar-refractivity contribution is 0.358. The summed E-state index contributed by atoms with van der Waals surface area (Å²) in [5.41, 5.74) is 0.224.